The fourth-order valence-corrected chi connectivity index (χ4v) is 1.07. The molecule has 0 heterocycles. The second-order valence-electron chi connectivity index (χ2n) is 3.35. The Balaban J connectivity index is 4.14. The normalized spacial score (nSPS) is 13.0. The summed E-state index contributed by atoms with van der Waals surface area (Å²) in [5.74, 6) is -1.29. The van der Waals surface area contributed by atoms with Crippen molar-refractivity contribution in [2.45, 2.75) is 38.9 Å². The number of rotatable bonds is 7. The molecule has 1 unspecified atom stereocenters. The molecule has 0 aromatic heterocycles. The number of esters is 1. The van der Waals surface area contributed by atoms with Crippen molar-refractivity contribution in [1.82, 2.24) is 0 Å². The van der Waals surface area contributed by atoms with Crippen molar-refractivity contribution in [2.75, 3.05) is 6.61 Å². The first-order valence-corrected chi connectivity index (χ1v) is 5.14. The summed E-state index contributed by atoms with van der Waals surface area (Å²) in [5.41, 5.74) is 0. The molecular formula is C9H14F2O5S. The highest BCUT2D eigenvalue weighted by molar-refractivity contribution is 7.75. The molecule has 0 spiro atoms. The van der Waals surface area contributed by atoms with Gasteiger partial charge in [-0.3, -0.25) is 9.59 Å². The predicted octanol–water partition coefficient (Wildman–Crippen LogP) is 1.72. The van der Waals surface area contributed by atoms with Crippen molar-refractivity contribution >= 4 is 24.8 Å². The van der Waals surface area contributed by atoms with Gasteiger partial charge in [0.25, 0.3) is 0 Å². The Kier molecular flexibility index (Phi) is 7.05. The predicted molar refractivity (Wildman–Crippen MR) is 56.4 cm³/mol. The second-order valence-corrected chi connectivity index (χ2v) is 3.53. The van der Waals surface area contributed by atoms with Gasteiger partial charge in [-0.1, -0.05) is 0 Å². The maximum absolute atomic E-state index is 12.4. The van der Waals surface area contributed by atoms with Crippen LogP contribution in [-0.2, 0) is 23.2 Å². The molecule has 0 aromatic rings. The van der Waals surface area contributed by atoms with Crippen molar-refractivity contribution in [1.29, 1.82) is 0 Å². The lowest BCUT2D eigenvalue weighted by atomic mass is 10.2. The minimum atomic E-state index is -3.32. The monoisotopic (exact) mass is 272 g/mol. The first-order chi connectivity index (χ1) is 7.74. The van der Waals surface area contributed by atoms with Crippen molar-refractivity contribution in [3.05, 3.63) is 0 Å². The van der Waals surface area contributed by atoms with Crippen LogP contribution >= 0.6 is 12.9 Å². The van der Waals surface area contributed by atoms with E-state index in [9.17, 15) is 18.4 Å². The Bertz CT molecular complexity index is 267. The molecule has 0 bridgehead atoms. The zero-order valence-electron chi connectivity index (χ0n) is 9.44. The van der Waals surface area contributed by atoms with E-state index < -0.39 is 30.8 Å². The lowest BCUT2D eigenvalue weighted by molar-refractivity contribution is -0.237. The third-order valence-electron chi connectivity index (χ3n) is 1.63. The van der Waals surface area contributed by atoms with E-state index in [1.54, 1.807) is 0 Å². The Labute approximate surface area is 103 Å². The van der Waals surface area contributed by atoms with E-state index in [1.807, 2.05) is 0 Å². The first kappa shape index (κ1) is 16.1. The number of alkyl halides is 2. The highest BCUT2D eigenvalue weighted by Gasteiger charge is 2.25. The minimum absolute atomic E-state index is 0.0229. The average Bonchev–Trinajstić information content (AvgIpc) is 2.19. The Hall–Kier alpha value is -0.890. The maximum Gasteiger partial charge on any atom is 0.353 e. The van der Waals surface area contributed by atoms with E-state index in [1.165, 1.54) is 0 Å². The van der Waals surface area contributed by atoms with Crippen molar-refractivity contribution in [3.8, 4) is 0 Å². The van der Waals surface area contributed by atoms with Crippen molar-refractivity contribution in [3.63, 3.8) is 0 Å². The molecule has 0 aliphatic heterocycles. The zero-order chi connectivity index (χ0) is 13.5. The lowest BCUT2D eigenvalue weighted by Gasteiger charge is -2.19. The molecule has 5 nitrogen and oxygen atoms in total. The summed E-state index contributed by atoms with van der Waals surface area (Å²) in [5, 5.41) is 0. The van der Waals surface area contributed by atoms with Crippen LogP contribution in [-0.4, -0.2) is 30.8 Å². The van der Waals surface area contributed by atoms with Gasteiger partial charge < -0.3 is 13.7 Å². The minimum Gasteiger partial charge on any atom is -0.460 e. The van der Waals surface area contributed by atoms with Crippen molar-refractivity contribution < 1.29 is 32.0 Å². The maximum atomic E-state index is 12.4. The standard InChI is InChI=1S/C9H14F2O5S/c1-6(12)15-7(3-4-8(13)16-17)5-14-9(2,10)11/h7,17H,3-5H2,1-2H3. The smallest absolute Gasteiger partial charge is 0.353 e. The van der Waals surface area contributed by atoms with Crippen molar-refractivity contribution in [2.24, 2.45) is 0 Å². The van der Waals surface area contributed by atoms with Gasteiger partial charge in [-0.15, -0.1) is 0 Å². The summed E-state index contributed by atoms with van der Waals surface area (Å²) >= 11 is 3.28. The quantitative estimate of drug-likeness (QED) is 0.434. The van der Waals surface area contributed by atoms with Gasteiger partial charge in [0, 0.05) is 26.8 Å². The highest BCUT2D eigenvalue weighted by Crippen LogP contribution is 2.15. The van der Waals surface area contributed by atoms with Gasteiger partial charge in [0.05, 0.1) is 13.0 Å². The molecule has 0 N–H and O–H groups in total. The van der Waals surface area contributed by atoms with Gasteiger partial charge in [0.15, 0.2) is 0 Å². The van der Waals surface area contributed by atoms with Crippen LogP contribution in [0.3, 0.4) is 0 Å². The number of hydrogen-bond acceptors (Lipinski definition) is 6. The molecule has 8 heteroatoms. The summed E-state index contributed by atoms with van der Waals surface area (Å²) < 4.78 is 37.8. The molecule has 0 aliphatic carbocycles. The molecule has 0 aliphatic rings. The lowest BCUT2D eigenvalue weighted by Crippen LogP contribution is -2.28. The number of carbonyl (C=O) groups is 2. The molecule has 1 atom stereocenters. The first-order valence-electron chi connectivity index (χ1n) is 4.78. The summed E-state index contributed by atoms with van der Waals surface area (Å²) in [6.07, 6.45) is -4.33. The summed E-state index contributed by atoms with van der Waals surface area (Å²) in [6, 6.07) is 0. The molecule has 0 saturated carbocycles. The fourth-order valence-electron chi connectivity index (χ4n) is 0.975. The number of carbonyl (C=O) groups excluding carboxylic acids is 2. The van der Waals surface area contributed by atoms with Crippen LogP contribution in [0, 0.1) is 0 Å². The van der Waals surface area contributed by atoms with E-state index in [2.05, 4.69) is 21.8 Å². The van der Waals surface area contributed by atoms with Gasteiger partial charge >= 0.3 is 18.0 Å². The van der Waals surface area contributed by atoms with Crippen LogP contribution < -0.4 is 0 Å². The number of thiol groups is 1. The molecule has 0 saturated heterocycles. The van der Waals surface area contributed by atoms with Gasteiger partial charge in [-0.05, 0) is 6.42 Å². The third-order valence-corrected chi connectivity index (χ3v) is 1.83. The van der Waals surface area contributed by atoms with Gasteiger partial charge in [-0.25, -0.2) is 0 Å². The molecule has 0 fully saturated rings. The number of hydrogen-bond donors (Lipinski definition) is 1. The average molecular weight is 272 g/mol. The number of ether oxygens (including phenoxy) is 2. The van der Waals surface area contributed by atoms with Gasteiger partial charge in [0.2, 0.25) is 0 Å². The molecule has 0 rings (SSSR count). The van der Waals surface area contributed by atoms with Crippen LogP contribution in [0.4, 0.5) is 8.78 Å². The third kappa shape index (κ3) is 10.0. The summed E-state index contributed by atoms with van der Waals surface area (Å²) in [6.45, 7) is 1.21. The van der Waals surface area contributed by atoms with E-state index in [4.69, 9.17) is 4.74 Å². The van der Waals surface area contributed by atoms with Gasteiger partial charge in [0.1, 0.15) is 6.10 Å². The van der Waals surface area contributed by atoms with Crippen LogP contribution in [0.15, 0.2) is 0 Å². The second kappa shape index (κ2) is 7.44. The van der Waals surface area contributed by atoms with E-state index in [0.29, 0.717) is 6.92 Å². The van der Waals surface area contributed by atoms with E-state index in [0.717, 1.165) is 6.92 Å². The van der Waals surface area contributed by atoms with E-state index >= 15 is 0 Å². The SMILES string of the molecule is CC(=O)OC(CCC(=O)OS)COC(C)(F)F. The van der Waals surface area contributed by atoms with E-state index in [-0.39, 0.29) is 12.8 Å². The topological polar surface area (TPSA) is 61.8 Å². The highest BCUT2D eigenvalue weighted by atomic mass is 32.1. The Morgan fingerprint density at radius 2 is 2.00 bits per heavy atom. The molecule has 0 radical (unpaired) electrons. The summed E-state index contributed by atoms with van der Waals surface area (Å²) in [7, 11) is 0. The van der Waals surface area contributed by atoms with Gasteiger partial charge in [-0.2, -0.15) is 8.78 Å². The molecule has 100 valence electrons. The fraction of sp³-hybridized carbons (Fsp3) is 0.778. The van der Waals surface area contributed by atoms with Crippen LogP contribution in [0.2, 0.25) is 0 Å². The largest absolute Gasteiger partial charge is 0.460 e. The molecular weight excluding hydrogens is 258 g/mol. The molecule has 17 heavy (non-hydrogen) atoms. The number of halogens is 2. The Morgan fingerprint density at radius 1 is 1.41 bits per heavy atom. The van der Waals surface area contributed by atoms with Crippen LogP contribution in [0.25, 0.3) is 0 Å². The Morgan fingerprint density at radius 3 is 2.41 bits per heavy atom. The van der Waals surface area contributed by atoms with Crippen LogP contribution in [0.1, 0.15) is 26.7 Å². The van der Waals surface area contributed by atoms with Crippen LogP contribution in [0.5, 0.6) is 0 Å². The molecule has 0 aromatic carbocycles. The summed E-state index contributed by atoms with van der Waals surface area (Å²) in [4.78, 5) is 21.5. The zero-order valence-corrected chi connectivity index (χ0v) is 10.3. The molecule has 0 amide bonds.